The Morgan fingerprint density at radius 2 is 2.17 bits per heavy atom. The Bertz CT molecular complexity index is 639. The van der Waals surface area contributed by atoms with Crippen molar-refractivity contribution in [1.82, 2.24) is 0 Å². The van der Waals surface area contributed by atoms with E-state index in [0.29, 0.717) is 17.4 Å². The third-order valence-electron chi connectivity index (χ3n) is 6.52. The van der Waals surface area contributed by atoms with Crippen molar-refractivity contribution >= 4 is 5.97 Å². The molecule has 0 saturated heterocycles. The summed E-state index contributed by atoms with van der Waals surface area (Å²) in [5, 5.41) is 0. The first-order chi connectivity index (χ1) is 10.9. The van der Waals surface area contributed by atoms with E-state index in [9.17, 15) is 4.79 Å². The number of esters is 1. The lowest BCUT2D eigenvalue weighted by Crippen LogP contribution is -2.50. The molecule has 0 spiro atoms. The normalized spacial score (nSPS) is 33.8. The van der Waals surface area contributed by atoms with Crippen LogP contribution in [-0.2, 0) is 22.4 Å². The van der Waals surface area contributed by atoms with E-state index in [0.717, 1.165) is 25.7 Å². The Morgan fingerprint density at radius 3 is 2.87 bits per heavy atom. The van der Waals surface area contributed by atoms with E-state index in [2.05, 4.69) is 20.8 Å². The Kier molecular flexibility index (Phi) is 4.16. The van der Waals surface area contributed by atoms with Gasteiger partial charge in [0.2, 0.25) is 0 Å². The van der Waals surface area contributed by atoms with E-state index in [1.54, 1.807) is 0 Å². The van der Waals surface area contributed by atoms with E-state index < -0.39 is 0 Å². The molecule has 23 heavy (non-hydrogen) atoms. The minimum Gasteiger partial charge on any atom is -0.469 e. The number of carbonyl (C=O) groups excluding carboxylic acids is 1. The minimum atomic E-state index is -0.164. The second kappa shape index (κ2) is 5.85. The van der Waals surface area contributed by atoms with Crippen LogP contribution in [0.25, 0.3) is 0 Å². The molecule has 3 nitrogen and oxygen atoms in total. The molecule has 4 atom stereocenters. The maximum absolute atomic E-state index is 12.2. The van der Waals surface area contributed by atoms with Crippen molar-refractivity contribution in [3.8, 4) is 0 Å². The lowest BCUT2D eigenvalue weighted by atomic mass is 9.55. The molecule has 2 aliphatic rings. The smallest absolute Gasteiger partial charge is 0.333 e. The highest BCUT2D eigenvalue weighted by Gasteiger charge is 2.50. The number of furan rings is 1. The first-order valence-corrected chi connectivity index (χ1v) is 8.76. The van der Waals surface area contributed by atoms with Crippen molar-refractivity contribution in [1.29, 1.82) is 0 Å². The number of hydrogen-bond donors (Lipinski definition) is 0. The van der Waals surface area contributed by atoms with Crippen molar-refractivity contribution in [2.24, 2.45) is 17.3 Å². The summed E-state index contributed by atoms with van der Waals surface area (Å²) < 4.78 is 11.6. The van der Waals surface area contributed by atoms with Crippen LogP contribution in [0, 0.1) is 24.2 Å². The molecule has 0 amide bonds. The average Bonchev–Trinajstić information content (AvgIpc) is 2.88. The van der Waals surface area contributed by atoms with Gasteiger partial charge in [-0.3, -0.25) is 0 Å². The molecule has 0 aliphatic heterocycles. The van der Waals surface area contributed by atoms with Crippen molar-refractivity contribution in [2.75, 3.05) is 0 Å². The molecule has 2 aliphatic carbocycles. The quantitative estimate of drug-likeness (QED) is 0.590. The summed E-state index contributed by atoms with van der Waals surface area (Å²) in [6, 6.07) is 0. The fourth-order valence-corrected chi connectivity index (χ4v) is 4.43. The van der Waals surface area contributed by atoms with Gasteiger partial charge in [0.25, 0.3) is 0 Å². The number of aryl methyl sites for hydroxylation is 1. The molecule has 3 heteroatoms. The molecule has 1 aromatic heterocycles. The van der Waals surface area contributed by atoms with E-state index in [-0.39, 0.29) is 17.5 Å². The summed E-state index contributed by atoms with van der Waals surface area (Å²) in [6.45, 7) is 10.5. The van der Waals surface area contributed by atoms with Gasteiger partial charge in [-0.1, -0.05) is 19.9 Å². The molecule has 1 aromatic rings. The maximum Gasteiger partial charge on any atom is 0.333 e. The van der Waals surface area contributed by atoms with Gasteiger partial charge >= 0.3 is 5.97 Å². The summed E-state index contributed by atoms with van der Waals surface area (Å²) in [7, 11) is 0. The van der Waals surface area contributed by atoms with E-state index in [4.69, 9.17) is 9.15 Å². The monoisotopic (exact) mass is 316 g/mol. The zero-order chi connectivity index (χ0) is 16.8. The van der Waals surface area contributed by atoms with Crippen LogP contribution in [0.1, 0.15) is 57.4 Å². The number of allylic oxidation sites excluding steroid dienone is 1. The largest absolute Gasteiger partial charge is 0.469 e. The van der Waals surface area contributed by atoms with Gasteiger partial charge in [0.05, 0.1) is 6.26 Å². The van der Waals surface area contributed by atoms with E-state index >= 15 is 0 Å². The zero-order valence-electron chi connectivity index (χ0n) is 14.9. The number of rotatable bonds is 2. The van der Waals surface area contributed by atoms with Crippen LogP contribution in [-0.4, -0.2) is 12.1 Å². The van der Waals surface area contributed by atoms with Crippen LogP contribution in [0.4, 0.5) is 0 Å². The summed E-state index contributed by atoms with van der Waals surface area (Å²) in [5.41, 5.74) is 3.51. The van der Waals surface area contributed by atoms with Crippen LogP contribution in [0.3, 0.4) is 0 Å². The summed E-state index contributed by atoms with van der Waals surface area (Å²) in [4.78, 5) is 12.2. The first-order valence-electron chi connectivity index (χ1n) is 8.76. The predicted molar refractivity (Wildman–Crippen MR) is 90.2 cm³/mol. The van der Waals surface area contributed by atoms with Crippen LogP contribution in [0.5, 0.6) is 0 Å². The molecule has 126 valence electrons. The molecule has 0 bridgehead atoms. The maximum atomic E-state index is 12.2. The molecule has 0 N–H and O–H groups in total. The predicted octanol–water partition coefficient (Wildman–Crippen LogP) is 4.62. The van der Waals surface area contributed by atoms with Crippen LogP contribution >= 0.6 is 0 Å². The fourth-order valence-electron chi connectivity index (χ4n) is 4.43. The Morgan fingerprint density at radius 1 is 1.43 bits per heavy atom. The fraction of sp³-hybridized carbons (Fsp3) is 0.650. The molecule has 0 unspecified atom stereocenters. The highest BCUT2D eigenvalue weighted by atomic mass is 16.5. The average molecular weight is 316 g/mol. The molecule has 1 fully saturated rings. The van der Waals surface area contributed by atoms with Gasteiger partial charge in [0.1, 0.15) is 11.9 Å². The first kappa shape index (κ1) is 16.4. The van der Waals surface area contributed by atoms with Gasteiger partial charge in [0.15, 0.2) is 0 Å². The van der Waals surface area contributed by atoms with Gasteiger partial charge in [0, 0.05) is 12.0 Å². The molecular weight excluding hydrogens is 288 g/mol. The number of fused-ring (bicyclic) bond motifs is 2. The highest BCUT2D eigenvalue weighted by molar-refractivity contribution is 5.87. The topological polar surface area (TPSA) is 39.4 Å². The van der Waals surface area contributed by atoms with Crippen molar-refractivity contribution in [3.63, 3.8) is 0 Å². The van der Waals surface area contributed by atoms with Crippen molar-refractivity contribution in [2.45, 2.75) is 66.4 Å². The molecule has 0 radical (unpaired) electrons. The zero-order valence-corrected chi connectivity index (χ0v) is 14.9. The van der Waals surface area contributed by atoms with Gasteiger partial charge in [-0.2, -0.15) is 0 Å². The van der Waals surface area contributed by atoms with Crippen LogP contribution in [0.2, 0.25) is 0 Å². The number of ether oxygens (including phenoxy) is 1. The standard InChI is InChI=1S/C20H28O3/c1-6-12(2)19(21)23-17-8-7-15-9-18-16(13(3)11-22-18)10-20(15,5)14(17)4/h6,11,14-15,17H,7-10H2,1-5H3/t14-,15-,17-,20+/m0/s1. The van der Waals surface area contributed by atoms with Gasteiger partial charge in [-0.25, -0.2) is 4.79 Å². The van der Waals surface area contributed by atoms with Gasteiger partial charge in [-0.15, -0.1) is 0 Å². The van der Waals surface area contributed by atoms with Gasteiger partial charge < -0.3 is 9.15 Å². The van der Waals surface area contributed by atoms with Gasteiger partial charge in [-0.05, 0) is 68.4 Å². The molecule has 0 aromatic carbocycles. The summed E-state index contributed by atoms with van der Waals surface area (Å²) in [6.07, 6.45) is 7.86. The summed E-state index contributed by atoms with van der Waals surface area (Å²) in [5.74, 6) is 1.99. The molecular formula is C20H28O3. The van der Waals surface area contributed by atoms with Crippen LogP contribution in [0.15, 0.2) is 22.3 Å². The Balaban J connectivity index is 1.82. The number of hydrogen-bond acceptors (Lipinski definition) is 3. The minimum absolute atomic E-state index is 0.0207. The molecule has 3 rings (SSSR count). The lowest BCUT2D eigenvalue weighted by Gasteiger charge is -2.51. The Labute approximate surface area is 139 Å². The van der Waals surface area contributed by atoms with Crippen LogP contribution < -0.4 is 0 Å². The third-order valence-corrected chi connectivity index (χ3v) is 6.52. The molecule has 1 heterocycles. The highest BCUT2D eigenvalue weighted by Crippen LogP contribution is 2.53. The molecule has 1 saturated carbocycles. The van der Waals surface area contributed by atoms with E-state index in [1.807, 2.05) is 26.2 Å². The van der Waals surface area contributed by atoms with E-state index in [1.165, 1.54) is 16.9 Å². The Hall–Kier alpha value is -1.51. The number of carbonyl (C=O) groups is 1. The van der Waals surface area contributed by atoms with Crippen molar-refractivity contribution in [3.05, 3.63) is 34.8 Å². The SMILES string of the molecule is CC=C(C)C(=O)O[C@H]1CC[C@H]2Cc3occ(C)c3C[C@]2(C)[C@H]1C. The van der Waals surface area contributed by atoms with Crippen molar-refractivity contribution < 1.29 is 13.9 Å². The summed E-state index contributed by atoms with van der Waals surface area (Å²) >= 11 is 0. The lowest BCUT2D eigenvalue weighted by molar-refractivity contribution is -0.156. The second-order valence-electron chi connectivity index (χ2n) is 7.69. The second-order valence-corrected chi connectivity index (χ2v) is 7.69. The third kappa shape index (κ3) is 2.64.